The van der Waals surface area contributed by atoms with Crippen LogP contribution in [0.5, 0.6) is 0 Å². The van der Waals surface area contributed by atoms with Crippen LogP contribution in [0.2, 0.25) is 0 Å². The molecule has 0 aliphatic carbocycles. The SMILES string of the molecule is Cc1ccc(C)c(S(=O)(=O)NCCC(c2ccccc2)c2ccccc2)c1. The normalized spacial score (nSPS) is 11.7. The van der Waals surface area contributed by atoms with Gasteiger partial charge in [-0.15, -0.1) is 0 Å². The van der Waals surface area contributed by atoms with Crippen molar-refractivity contribution in [3.8, 4) is 0 Å². The fraction of sp³-hybridized carbons (Fsp3) is 0.217. The summed E-state index contributed by atoms with van der Waals surface area (Å²) in [7, 11) is -3.52. The van der Waals surface area contributed by atoms with Crippen LogP contribution in [0.1, 0.15) is 34.6 Å². The number of sulfonamides is 1. The summed E-state index contributed by atoms with van der Waals surface area (Å²) < 4.78 is 28.3. The lowest BCUT2D eigenvalue weighted by atomic mass is 9.89. The van der Waals surface area contributed by atoms with Gasteiger partial charge in [-0.05, 0) is 48.6 Å². The van der Waals surface area contributed by atoms with E-state index in [1.54, 1.807) is 6.07 Å². The van der Waals surface area contributed by atoms with Gasteiger partial charge in [0.1, 0.15) is 0 Å². The van der Waals surface area contributed by atoms with Crippen molar-refractivity contribution >= 4 is 10.0 Å². The Labute approximate surface area is 162 Å². The molecule has 0 saturated carbocycles. The molecule has 4 heteroatoms. The van der Waals surface area contributed by atoms with Crippen LogP contribution in [0.15, 0.2) is 83.8 Å². The molecule has 27 heavy (non-hydrogen) atoms. The van der Waals surface area contributed by atoms with Crippen LogP contribution in [-0.2, 0) is 10.0 Å². The molecule has 0 unspecified atom stereocenters. The Balaban J connectivity index is 1.77. The highest BCUT2D eigenvalue weighted by atomic mass is 32.2. The van der Waals surface area contributed by atoms with E-state index in [1.165, 1.54) is 11.1 Å². The molecule has 0 heterocycles. The summed E-state index contributed by atoms with van der Waals surface area (Å²) in [5.41, 5.74) is 4.08. The van der Waals surface area contributed by atoms with E-state index in [2.05, 4.69) is 29.0 Å². The lowest BCUT2D eigenvalue weighted by Gasteiger charge is -2.19. The molecule has 140 valence electrons. The highest BCUT2D eigenvalue weighted by molar-refractivity contribution is 7.89. The molecule has 0 radical (unpaired) electrons. The van der Waals surface area contributed by atoms with Gasteiger partial charge >= 0.3 is 0 Å². The predicted molar refractivity (Wildman–Crippen MR) is 110 cm³/mol. The van der Waals surface area contributed by atoms with Gasteiger partial charge in [0.15, 0.2) is 0 Å². The average molecular weight is 380 g/mol. The lowest BCUT2D eigenvalue weighted by molar-refractivity contribution is 0.574. The molecular formula is C23H25NO2S. The van der Waals surface area contributed by atoms with Crippen molar-refractivity contribution in [3.05, 3.63) is 101 Å². The number of nitrogens with one attached hydrogen (secondary N) is 1. The van der Waals surface area contributed by atoms with Gasteiger partial charge in [0.2, 0.25) is 10.0 Å². The van der Waals surface area contributed by atoms with E-state index < -0.39 is 10.0 Å². The summed E-state index contributed by atoms with van der Waals surface area (Å²) in [6.07, 6.45) is 0.693. The number of hydrogen-bond donors (Lipinski definition) is 1. The van der Waals surface area contributed by atoms with Crippen LogP contribution < -0.4 is 4.72 Å². The van der Waals surface area contributed by atoms with Crippen LogP contribution in [-0.4, -0.2) is 15.0 Å². The van der Waals surface area contributed by atoms with Gasteiger partial charge in [0, 0.05) is 12.5 Å². The zero-order valence-electron chi connectivity index (χ0n) is 15.7. The molecule has 0 saturated heterocycles. The van der Waals surface area contributed by atoms with Crippen LogP contribution in [0.25, 0.3) is 0 Å². The van der Waals surface area contributed by atoms with Gasteiger partial charge in [-0.25, -0.2) is 13.1 Å². The summed E-state index contributed by atoms with van der Waals surface area (Å²) in [4.78, 5) is 0.360. The highest BCUT2D eigenvalue weighted by Crippen LogP contribution is 2.27. The Morgan fingerprint density at radius 2 is 1.37 bits per heavy atom. The second kappa shape index (κ2) is 8.51. The van der Waals surface area contributed by atoms with E-state index in [0.29, 0.717) is 17.9 Å². The van der Waals surface area contributed by atoms with Crippen LogP contribution in [0.3, 0.4) is 0 Å². The molecule has 3 rings (SSSR count). The summed E-state index contributed by atoms with van der Waals surface area (Å²) >= 11 is 0. The number of benzene rings is 3. The first-order valence-electron chi connectivity index (χ1n) is 9.14. The molecule has 3 aromatic rings. The first-order chi connectivity index (χ1) is 13.0. The van der Waals surface area contributed by atoms with E-state index in [9.17, 15) is 8.42 Å². The summed E-state index contributed by atoms with van der Waals surface area (Å²) in [5, 5.41) is 0. The largest absolute Gasteiger partial charge is 0.240 e. The zero-order valence-corrected chi connectivity index (χ0v) is 16.5. The highest BCUT2D eigenvalue weighted by Gasteiger charge is 2.19. The molecule has 0 spiro atoms. The fourth-order valence-corrected chi connectivity index (χ4v) is 4.68. The monoisotopic (exact) mass is 379 g/mol. The molecule has 0 amide bonds. The van der Waals surface area contributed by atoms with Gasteiger partial charge in [0.05, 0.1) is 4.90 Å². The van der Waals surface area contributed by atoms with Crippen molar-refractivity contribution in [3.63, 3.8) is 0 Å². The Morgan fingerprint density at radius 3 is 1.93 bits per heavy atom. The molecular weight excluding hydrogens is 354 g/mol. The third kappa shape index (κ3) is 4.85. The third-order valence-electron chi connectivity index (χ3n) is 4.76. The first kappa shape index (κ1) is 19.3. The van der Waals surface area contributed by atoms with Crippen molar-refractivity contribution in [2.45, 2.75) is 31.1 Å². The van der Waals surface area contributed by atoms with Crippen molar-refractivity contribution in [2.75, 3.05) is 6.54 Å². The van der Waals surface area contributed by atoms with Crippen LogP contribution >= 0.6 is 0 Å². The van der Waals surface area contributed by atoms with Crippen LogP contribution in [0.4, 0.5) is 0 Å². The molecule has 3 aromatic carbocycles. The average Bonchev–Trinajstić information content (AvgIpc) is 2.68. The van der Waals surface area contributed by atoms with Gasteiger partial charge in [-0.1, -0.05) is 72.8 Å². The first-order valence-corrected chi connectivity index (χ1v) is 10.6. The molecule has 3 nitrogen and oxygen atoms in total. The molecule has 0 aliphatic rings. The predicted octanol–water partition coefficient (Wildman–Crippen LogP) is 4.80. The molecule has 0 aromatic heterocycles. The summed E-state index contributed by atoms with van der Waals surface area (Å²) in [5.74, 6) is 0.147. The minimum Gasteiger partial charge on any atom is -0.211 e. The van der Waals surface area contributed by atoms with Gasteiger partial charge in [0.25, 0.3) is 0 Å². The van der Waals surface area contributed by atoms with Gasteiger partial charge in [-0.2, -0.15) is 0 Å². The van der Waals surface area contributed by atoms with E-state index in [1.807, 2.05) is 62.4 Å². The molecule has 0 fully saturated rings. The van der Waals surface area contributed by atoms with Crippen molar-refractivity contribution in [1.29, 1.82) is 0 Å². The third-order valence-corrected chi connectivity index (χ3v) is 6.37. The van der Waals surface area contributed by atoms with Crippen molar-refractivity contribution in [1.82, 2.24) is 4.72 Å². The minimum atomic E-state index is -3.52. The molecule has 0 aliphatic heterocycles. The second-order valence-electron chi connectivity index (χ2n) is 6.83. The fourth-order valence-electron chi connectivity index (χ4n) is 3.31. The smallest absolute Gasteiger partial charge is 0.211 e. The Bertz CT molecular complexity index is 944. The maximum absolute atomic E-state index is 12.7. The topological polar surface area (TPSA) is 46.2 Å². The zero-order chi connectivity index (χ0) is 19.3. The number of aryl methyl sites for hydroxylation is 2. The van der Waals surface area contributed by atoms with Crippen LogP contribution in [0, 0.1) is 13.8 Å². The Kier molecular flexibility index (Phi) is 6.09. The second-order valence-corrected chi connectivity index (χ2v) is 8.56. The Morgan fingerprint density at radius 1 is 0.815 bits per heavy atom. The van der Waals surface area contributed by atoms with Gasteiger partial charge in [-0.3, -0.25) is 0 Å². The van der Waals surface area contributed by atoms with Crippen molar-refractivity contribution < 1.29 is 8.42 Å². The van der Waals surface area contributed by atoms with Crippen molar-refractivity contribution in [2.24, 2.45) is 0 Å². The van der Waals surface area contributed by atoms with E-state index >= 15 is 0 Å². The molecule has 1 N–H and O–H groups in total. The molecule has 0 atom stereocenters. The van der Waals surface area contributed by atoms with E-state index in [0.717, 1.165) is 11.1 Å². The van der Waals surface area contributed by atoms with E-state index in [-0.39, 0.29) is 5.92 Å². The summed E-state index contributed by atoms with van der Waals surface area (Å²) in [6.45, 7) is 4.11. The minimum absolute atomic E-state index is 0.147. The quantitative estimate of drug-likeness (QED) is 0.641. The van der Waals surface area contributed by atoms with E-state index in [4.69, 9.17) is 0 Å². The standard InChI is InChI=1S/C23H25NO2S/c1-18-13-14-19(2)23(17-18)27(25,26)24-16-15-22(20-9-5-3-6-10-20)21-11-7-4-8-12-21/h3-14,17,22,24H,15-16H2,1-2H3. The maximum atomic E-state index is 12.7. The maximum Gasteiger partial charge on any atom is 0.240 e. The summed E-state index contributed by atoms with van der Waals surface area (Å²) in [6, 6.07) is 25.9. The molecule has 0 bridgehead atoms. The lowest BCUT2D eigenvalue weighted by Crippen LogP contribution is -2.26. The Hall–Kier alpha value is -2.43. The number of rotatable bonds is 7. The van der Waals surface area contributed by atoms with Gasteiger partial charge < -0.3 is 0 Å². The number of hydrogen-bond acceptors (Lipinski definition) is 2.